The molecule has 0 spiro atoms. The molecule has 0 aromatic heterocycles. The summed E-state index contributed by atoms with van der Waals surface area (Å²) in [5, 5.41) is 3.16. The van der Waals surface area contributed by atoms with Crippen molar-refractivity contribution in [1.29, 1.82) is 0 Å². The molecule has 0 bridgehead atoms. The van der Waals surface area contributed by atoms with Gasteiger partial charge in [-0.2, -0.15) is 0 Å². The number of benzene rings is 1. The van der Waals surface area contributed by atoms with E-state index in [1.807, 2.05) is 6.92 Å². The van der Waals surface area contributed by atoms with Crippen LogP contribution in [0, 0.1) is 18.6 Å². The van der Waals surface area contributed by atoms with Crippen molar-refractivity contribution in [3.63, 3.8) is 0 Å². The van der Waals surface area contributed by atoms with Crippen LogP contribution >= 0.6 is 0 Å². The van der Waals surface area contributed by atoms with Crippen LogP contribution in [-0.2, 0) is 10.0 Å². The summed E-state index contributed by atoms with van der Waals surface area (Å²) in [6.45, 7) is 4.11. The summed E-state index contributed by atoms with van der Waals surface area (Å²) in [4.78, 5) is -0.505. The van der Waals surface area contributed by atoms with Crippen molar-refractivity contribution in [1.82, 2.24) is 10.0 Å². The smallest absolute Gasteiger partial charge is 0.243 e. The Morgan fingerprint density at radius 2 is 2.00 bits per heavy atom. The zero-order valence-corrected chi connectivity index (χ0v) is 12.2. The Balaban J connectivity index is 2.28. The van der Waals surface area contributed by atoms with E-state index in [1.165, 1.54) is 6.92 Å². The van der Waals surface area contributed by atoms with Crippen LogP contribution in [0.15, 0.2) is 17.0 Å². The predicted octanol–water partition coefficient (Wildman–Crippen LogP) is 1.69. The maximum Gasteiger partial charge on any atom is 0.243 e. The molecular formula is C13H18F2N2O2S. The van der Waals surface area contributed by atoms with E-state index in [0.29, 0.717) is 12.5 Å². The van der Waals surface area contributed by atoms with Crippen LogP contribution < -0.4 is 10.0 Å². The van der Waals surface area contributed by atoms with Crippen LogP contribution in [0.5, 0.6) is 0 Å². The molecule has 2 N–H and O–H groups in total. The molecule has 1 aliphatic heterocycles. The standard InChI is InChI=1S/C13H18F2N2O2S/c1-8-6-13(11(15)7-10(8)14)20(18,19)17-12-4-3-5-16-9(12)2/h6-7,9,12,16-17H,3-5H2,1-2H3. The van der Waals surface area contributed by atoms with Gasteiger partial charge < -0.3 is 5.32 Å². The second-order valence-electron chi connectivity index (χ2n) is 5.14. The first-order valence-corrected chi connectivity index (χ1v) is 8.01. The van der Waals surface area contributed by atoms with Crippen LogP contribution in [0.3, 0.4) is 0 Å². The summed E-state index contributed by atoms with van der Waals surface area (Å²) < 4.78 is 53.9. The minimum atomic E-state index is -3.99. The molecule has 2 unspecified atom stereocenters. The molecule has 1 aliphatic rings. The normalized spacial score (nSPS) is 23.8. The molecule has 2 rings (SSSR count). The molecule has 1 heterocycles. The van der Waals surface area contributed by atoms with Gasteiger partial charge in [-0.05, 0) is 44.9 Å². The summed E-state index contributed by atoms with van der Waals surface area (Å²) in [7, 11) is -3.99. The van der Waals surface area contributed by atoms with Crippen LogP contribution in [0.4, 0.5) is 8.78 Å². The minimum Gasteiger partial charge on any atom is -0.313 e. The predicted molar refractivity (Wildman–Crippen MR) is 71.9 cm³/mol. The van der Waals surface area contributed by atoms with E-state index in [0.717, 1.165) is 19.0 Å². The highest BCUT2D eigenvalue weighted by atomic mass is 32.2. The molecule has 2 atom stereocenters. The summed E-state index contributed by atoms with van der Waals surface area (Å²) >= 11 is 0. The molecule has 20 heavy (non-hydrogen) atoms. The molecule has 0 aliphatic carbocycles. The van der Waals surface area contributed by atoms with E-state index in [1.54, 1.807) is 0 Å². The average Bonchev–Trinajstić information content (AvgIpc) is 2.36. The van der Waals surface area contributed by atoms with Gasteiger partial charge >= 0.3 is 0 Å². The molecule has 0 amide bonds. The summed E-state index contributed by atoms with van der Waals surface area (Å²) in [6.07, 6.45) is 1.54. The lowest BCUT2D eigenvalue weighted by molar-refractivity contribution is 0.348. The van der Waals surface area contributed by atoms with Gasteiger partial charge in [-0.3, -0.25) is 0 Å². The number of hydrogen-bond donors (Lipinski definition) is 2. The highest BCUT2D eigenvalue weighted by molar-refractivity contribution is 7.89. The molecule has 1 aromatic carbocycles. The second kappa shape index (κ2) is 5.75. The zero-order valence-electron chi connectivity index (χ0n) is 11.4. The Labute approximate surface area is 117 Å². The van der Waals surface area contributed by atoms with Crippen molar-refractivity contribution in [2.75, 3.05) is 6.54 Å². The molecule has 0 radical (unpaired) electrons. The Morgan fingerprint density at radius 1 is 1.30 bits per heavy atom. The lowest BCUT2D eigenvalue weighted by Crippen LogP contribution is -2.51. The maximum atomic E-state index is 13.7. The van der Waals surface area contributed by atoms with Crippen molar-refractivity contribution >= 4 is 10.0 Å². The summed E-state index contributed by atoms with van der Waals surface area (Å²) in [6, 6.07) is 1.31. The highest BCUT2D eigenvalue weighted by Crippen LogP contribution is 2.20. The van der Waals surface area contributed by atoms with Gasteiger partial charge in [0.25, 0.3) is 0 Å². The summed E-state index contributed by atoms with van der Waals surface area (Å²) in [5.41, 5.74) is 0.0987. The minimum absolute atomic E-state index is 0.0249. The second-order valence-corrected chi connectivity index (χ2v) is 6.83. The van der Waals surface area contributed by atoms with Crippen molar-refractivity contribution in [3.05, 3.63) is 29.3 Å². The van der Waals surface area contributed by atoms with Crippen LogP contribution in [-0.4, -0.2) is 27.0 Å². The average molecular weight is 304 g/mol. The molecule has 0 saturated carbocycles. The van der Waals surface area contributed by atoms with Gasteiger partial charge in [-0.1, -0.05) is 0 Å². The molecular weight excluding hydrogens is 286 g/mol. The van der Waals surface area contributed by atoms with E-state index >= 15 is 0 Å². The number of halogens is 2. The molecule has 7 heteroatoms. The molecule has 1 saturated heterocycles. The first-order valence-electron chi connectivity index (χ1n) is 6.52. The maximum absolute atomic E-state index is 13.7. The van der Waals surface area contributed by atoms with Crippen LogP contribution in [0.2, 0.25) is 0 Å². The van der Waals surface area contributed by atoms with Gasteiger partial charge in [-0.15, -0.1) is 0 Å². The number of sulfonamides is 1. The van der Waals surface area contributed by atoms with E-state index in [2.05, 4.69) is 10.0 Å². The van der Waals surface area contributed by atoms with Gasteiger partial charge in [0, 0.05) is 18.2 Å². The van der Waals surface area contributed by atoms with Crippen LogP contribution in [0.25, 0.3) is 0 Å². The lowest BCUT2D eigenvalue weighted by Gasteiger charge is -2.30. The zero-order chi connectivity index (χ0) is 14.9. The van der Waals surface area contributed by atoms with Crippen molar-refractivity contribution in [2.45, 2.75) is 43.7 Å². The Kier molecular flexibility index (Phi) is 4.41. The van der Waals surface area contributed by atoms with E-state index < -0.39 is 26.6 Å². The number of piperidine rings is 1. The Bertz CT molecular complexity index is 605. The fraction of sp³-hybridized carbons (Fsp3) is 0.538. The molecule has 4 nitrogen and oxygen atoms in total. The number of aryl methyl sites for hydroxylation is 1. The number of hydrogen-bond acceptors (Lipinski definition) is 3. The van der Waals surface area contributed by atoms with Gasteiger partial charge in [0.2, 0.25) is 10.0 Å². The first kappa shape index (κ1) is 15.3. The third-order valence-corrected chi connectivity index (χ3v) is 5.08. The molecule has 1 aromatic rings. The Morgan fingerprint density at radius 3 is 2.65 bits per heavy atom. The van der Waals surface area contributed by atoms with Crippen molar-refractivity contribution in [3.8, 4) is 0 Å². The number of nitrogens with one attached hydrogen (secondary N) is 2. The molecule has 1 fully saturated rings. The van der Waals surface area contributed by atoms with Crippen LogP contribution in [0.1, 0.15) is 25.3 Å². The monoisotopic (exact) mass is 304 g/mol. The van der Waals surface area contributed by atoms with Gasteiger partial charge in [0.05, 0.1) is 0 Å². The van der Waals surface area contributed by atoms with Crippen molar-refractivity contribution < 1.29 is 17.2 Å². The quantitative estimate of drug-likeness (QED) is 0.893. The third kappa shape index (κ3) is 3.16. The lowest BCUT2D eigenvalue weighted by atomic mass is 10.0. The number of rotatable bonds is 3. The van der Waals surface area contributed by atoms with Crippen molar-refractivity contribution in [2.24, 2.45) is 0 Å². The van der Waals surface area contributed by atoms with E-state index in [4.69, 9.17) is 0 Å². The highest BCUT2D eigenvalue weighted by Gasteiger charge is 2.28. The fourth-order valence-corrected chi connectivity index (χ4v) is 3.80. The van der Waals surface area contributed by atoms with Gasteiger partial charge in [0.1, 0.15) is 16.5 Å². The summed E-state index contributed by atoms with van der Waals surface area (Å²) in [5.74, 6) is -1.83. The van der Waals surface area contributed by atoms with E-state index in [9.17, 15) is 17.2 Å². The van der Waals surface area contributed by atoms with Gasteiger partial charge in [0.15, 0.2) is 0 Å². The fourth-order valence-electron chi connectivity index (χ4n) is 2.30. The topological polar surface area (TPSA) is 58.2 Å². The SMILES string of the molecule is Cc1cc(S(=O)(=O)NC2CCCNC2C)c(F)cc1F. The molecule has 112 valence electrons. The van der Waals surface area contributed by atoms with Gasteiger partial charge in [-0.25, -0.2) is 21.9 Å². The largest absolute Gasteiger partial charge is 0.313 e. The Hall–Kier alpha value is -1.05. The van der Waals surface area contributed by atoms with E-state index in [-0.39, 0.29) is 17.6 Å². The third-order valence-electron chi connectivity index (χ3n) is 3.57. The first-order chi connectivity index (χ1) is 9.31.